The Morgan fingerprint density at radius 3 is 2.84 bits per heavy atom. The molecule has 0 aromatic heterocycles. The van der Waals surface area contributed by atoms with E-state index in [-0.39, 0.29) is 37.2 Å². The van der Waals surface area contributed by atoms with Gasteiger partial charge in [0.25, 0.3) is 5.91 Å². The molecule has 2 saturated carbocycles. The average molecular weight is 444 g/mol. The van der Waals surface area contributed by atoms with Crippen molar-refractivity contribution in [2.75, 3.05) is 20.0 Å². The van der Waals surface area contributed by atoms with Crippen molar-refractivity contribution in [1.29, 1.82) is 0 Å². The van der Waals surface area contributed by atoms with E-state index >= 15 is 0 Å². The number of nitrogens with one attached hydrogen (secondary N) is 1. The monoisotopic (exact) mass is 443 g/mol. The molecular formula is C25H33NO6. The molecule has 32 heavy (non-hydrogen) atoms. The molecule has 4 aliphatic rings. The molecule has 2 fully saturated rings. The van der Waals surface area contributed by atoms with E-state index in [1.807, 2.05) is 31.2 Å². The first-order valence-corrected chi connectivity index (χ1v) is 12.0. The Kier molecular flexibility index (Phi) is 6.28. The predicted octanol–water partition coefficient (Wildman–Crippen LogP) is 3.47. The molecule has 6 atom stereocenters. The summed E-state index contributed by atoms with van der Waals surface area (Å²) in [5.74, 6) is 2.85. The van der Waals surface area contributed by atoms with E-state index in [9.17, 15) is 9.90 Å². The minimum atomic E-state index is -0.548. The van der Waals surface area contributed by atoms with Crippen LogP contribution < -0.4 is 14.8 Å². The summed E-state index contributed by atoms with van der Waals surface area (Å²) in [5, 5.41) is 12.7. The number of hydrogen-bond donors (Lipinski definition) is 2. The zero-order chi connectivity index (χ0) is 22.1. The highest BCUT2D eigenvalue weighted by Gasteiger charge is 2.42. The van der Waals surface area contributed by atoms with E-state index in [4.69, 9.17) is 18.9 Å². The van der Waals surface area contributed by atoms with Crippen LogP contribution in [0.4, 0.5) is 0 Å². The number of aliphatic hydroxyl groups is 1. The average Bonchev–Trinajstić information content (AvgIpc) is 3.54. The lowest BCUT2D eigenvalue weighted by atomic mass is 9.80. The molecule has 2 aliphatic heterocycles. The van der Waals surface area contributed by atoms with Crippen molar-refractivity contribution >= 4 is 5.91 Å². The summed E-state index contributed by atoms with van der Waals surface area (Å²) in [6.45, 7) is 2.73. The molecule has 5 rings (SSSR count). The van der Waals surface area contributed by atoms with Crippen molar-refractivity contribution < 1.29 is 28.8 Å². The normalized spacial score (nSPS) is 32.5. The lowest BCUT2D eigenvalue weighted by Crippen LogP contribution is -2.43. The minimum Gasteiger partial charge on any atom is -0.459 e. The Balaban J connectivity index is 1.42. The molecule has 7 heteroatoms. The molecule has 7 nitrogen and oxygen atoms in total. The van der Waals surface area contributed by atoms with Crippen LogP contribution in [0.1, 0.15) is 56.9 Å². The quantitative estimate of drug-likeness (QED) is 0.640. The molecule has 2 heterocycles. The summed E-state index contributed by atoms with van der Waals surface area (Å²) in [5.41, 5.74) is 1.02. The molecule has 0 saturated heterocycles. The largest absolute Gasteiger partial charge is 0.459 e. The lowest BCUT2D eigenvalue weighted by molar-refractivity contribution is -0.167. The van der Waals surface area contributed by atoms with Gasteiger partial charge in [0, 0.05) is 31.1 Å². The number of aliphatic hydroxyl groups excluding tert-OH is 1. The Bertz CT molecular complexity index is 870. The van der Waals surface area contributed by atoms with Crippen LogP contribution in [0.15, 0.2) is 30.0 Å². The Morgan fingerprint density at radius 1 is 1.22 bits per heavy atom. The number of hydrogen-bond acceptors (Lipinski definition) is 6. The molecule has 1 aromatic rings. The first-order chi connectivity index (χ1) is 15.7. The van der Waals surface area contributed by atoms with Gasteiger partial charge in [-0.2, -0.15) is 0 Å². The van der Waals surface area contributed by atoms with Crippen LogP contribution in [-0.2, 0) is 14.3 Å². The van der Waals surface area contributed by atoms with Gasteiger partial charge < -0.3 is 29.4 Å². The van der Waals surface area contributed by atoms with Crippen molar-refractivity contribution in [3.8, 4) is 11.5 Å². The fourth-order valence-corrected chi connectivity index (χ4v) is 5.93. The fraction of sp³-hybridized carbons (Fsp3) is 0.640. The zero-order valence-corrected chi connectivity index (χ0v) is 18.6. The van der Waals surface area contributed by atoms with E-state index in [1.54, 1.807) is 0 Å². The number of rotatable bonds is 8. The standard InChI is InChI=1S/C25H33NO6/c1-2-29-25-18(4-3-9-27)19(16-7-8-21-22(12-16)31-14-30-21)13-23(32-25)24(28)26-20-11-15-5-6-17(20)10-15/h7-8,12-13,15,17-20,25,27H,2-6,9-11,14H2,1H3,(H,26,28)/t15?,17?,18-,19+,20?,25+/m1/s1. The SMILES string of the molecule is CCO[C@H]1OC(C(=O)NC2CC3CCC2C3)=C[C@@H](c2ccc3c(c2)OCO3)[C@H]1CCCO. The van der Waals surface area contributed by atoms with E-state index in [0.717, 1.165) is 30.1 Å². The molecular weight excluding hydrogens is 410 g/mol. The van der Waals surface area contributed by atoms with Gasteiger partial charge in [-0.25, -0.2) is 0 Å². The van der Waals surface area contributed by atoms with Crippen LogP contribution in [0.25, 0.3) is 0 Å². The smallest absolute Gasteiger partial charge is 0.286 e. The van der Waals surface area contributed by atoms with Crippen molar-refractivity contribution in [3.63, 3.8) is 0 Å². The summed E-state index contributed by atoms with van der Waals surface area (Å²) in [6.07, 6.45) is 7.54. The van der Waals surface area contributed by atoms with Gasteiger partial charge in [-0.3, -0.25) is 4.79 Å². The fourth-order valence-electron chi connectivity index (χ4n) is 5.93. The van der Waals surface area contributed by atoms with E-state index in [2.05, 4.69) is 5.32 Å². The summed E-state index contributed by atoms with van der Waals surface area (Å²) in [4.78, 5) is 13.2. The van der Waals surface area contributed by atoms with Gasteiger partial charge >= 0.3 is 0 Å². The Morgan fingerprint density at radius 2 is 2.09 bits per heavy atom. The van der Waals surface area contributed by atoms with Crippen LogP contribution in [0, 0.1) is 17.8 Å². The van der Waals surface area contributed by atoms with Crippen molar-refractivity contribution in [2.24, 2.45) is 17.8 Å². The van der Waals surface area contributed by atoms with Gasteiger partial charge in [0.1, 0.15) is 0 Å². The minimum absolute atomic E-state index is 0.0264. The number of fused-ring (bicyclic) bond motifs is 3. The van der Waals surface area contributed by atoms with Gasteiger partial charge in [-0.1, -0.05) is 12.5 Å². The second-order valence-electron chi connectivity index (χ2n) is 9.40. The first-order valence-electron chi connectivity index (χ1n) is 12.0. The molecule has 1 aromatic carbocycles. The second-order valence-corrected chi connectivity index (χ2v) is 9.40. The summed E-state index contributed by atoms with van der Waals surface area (Å²) >= 11 is 0. The van der Waals surface area contributed by atoms with Gasteiger partial charge in [0.2, 0.25) is 13.1 Å². The molecule has 0 radical (unpaired) electrons. The van der Waals surface area contributed by atoms with Crippen molar-refractivity contribution in [2.45, 2.75) is 63.7 Å². The molecule has 2 bridgehead atoms. The van der Waals surface area contributed by atoms with Crippen LogP contribution in [0.3, 0.4) is 0 Å². The van der Waals surface area contributed by atoms with Crippen molar-refractivity contribution in [3.05, 3.63) is 35.6 Å². The third kappa shape index (κ3) is 4.20. The number of carbonyl (C=O) groups is 1. The van der Waals surface area contributed by atoms with E-state index < -0.39 is 6.29 Å². The van der Waals surface area contributed by atoms with Gasteiger partial charge in [-0.15, -0.1) is 0 Å². The van der Waals surface area contributed by atoms with Crippen LogP contribution in [0.5, 0.6) is 11.5 Å². The van der Waals surface area contributed by atoms with Crippen LogP contribution in [-0.4, -0.2) is 43.4 Å². The highest BCUT2D eigenvalue weighted by molar-refractivity contribution is 5.92. The molecule has 2 N–H and O–H groups in total. The number of carbonyl (C=O) groups excluding carboxylic acids is 1. The van der Waals surface area contributed by atoms with Gasteiger partial charge in [0.15, 0.2) is 17.3 Å². The molecule has 0 spiro atoms. The molecule has 174 valence electrons. The van der Waals surface area contributed by atoms with Crippen LogP contribution in [0.2, 0.25) is 0 Å². The Labute approximate surface area is 189 Å². The maximum Gasteiger partial charge on any atom is 0.286 e. The lowest BCUT2D eigenvalue weighted by Gasteiger charge is -2.37. The third-order valence-electron chi connectivity index (χ3n) is 7.47. The Hall–Kier alpha value is -2.25. The predicted molar refractivity (Wildman–Crippen MR) is 117 cm³/mol. The molecule has 1 amide bonds. The first kappa shape index (κ1) is 21.6. The topological polar surface area (TPSA) is 86.3 Å². The second kappa shape index (κ2) is 9.32. The molecule has 2 aliphatic carbocycles. The van der Waals surface area contributed by atoms with Crippen LogP contribution >= 0.6 is 0 Å². The maximum atomic E-state index is 13.2. The van der Waals surface area contributed by atoms with Gasteiger partial charge in [0.05, 0.1) is 0 Å². The third-order valence-corrected chi connectivity index (χ3v) is 7.47. The maximum absolute atomic E-state index is 13.2. The molecule has 3 unspecified atom stereocenters. The summed E-state index contributed by atoms with van der Waals surface area (Å²) in [7, 11) is 0. The number of ether oxygens (including phenoxy) is 4. The number of amides is 1. The van der Waals surface area contributed by atoms with Gasteiger partial charge in [-0.05, 0) is 74.6 Å². The highest BCUT2D eigenvalue weighted by Crippen LogP contribution is 2.45. The van der Waals surface area contributed by atoms with Crippen molar-refractivity contribution in [1.82, 2.24) is 5.32 Å². The van der Waals surface area contributed by atoms with E-state index in [1.165, 1.54) is 19.3 Å². The summed E-state index contributed by atoms with van der Waals surface area (Å²) in [6, 6.07) is 6.15. The number of benzene rings is 1. The highest BCUT2D eigenvalue weighted by atomic mass is 16.7. The van der Waals surface area contributed by atoms with E-state index in [0.29, 0.717) is 30.5 Å². The number of allylic oxidation sites excluding steroid dienone is 1. The zero-order valence-electron chi connectivity index (χ0n) is 18.6. The summed E-state index contributed by atoms with van der Waals surface area (Å²) < 4.78 is 23.1.